The minimum absolute atomic E-state index is 0.209. The van der Waals surface area contributed by atoms with E-state index in [1.165, 1.54) is 0 Å². The summed E-state index contributed by atoms with van der Waals surface area (Å²) in [6.07, 6.45) is 1.67. The monoisotopic (exact) mass is 699 g/mol. The first-order valence-corrected chi connectivity index (χ1v) is 13.1. The molecule has 0 N–H and O–H groups in total. The lowest BCUT2D eigenvalue weighted by Gasteiger charge is -2.21. The van der Waals surface area contributed by atoms with E-state index in [0.717, 1.165) is 12.8 Å². The van der Waals surface area contributed by atoms with Crippen LogP contribution in [-0.4, -0.2) is 12.6 Å². The first-order valence-electron chi connectivity index (χ1n) is 9.96. The molecule has 0 saturated carbocycles. The summed E-state index contributed by atoms with van der Waals surface area (Å²) in [5.41, 5.74) is 2.17. The van der Waals surface area contributed by atoms with Gasteiger partial charge in [0.1, 0.15) is 10.1 Å². The third-order valence-electron chi connectivity index (χ3n) is 5.15. The molecular weight excluding hydrogens is 688 g/mol. The molecule has 2 aromatic carbocycles. The first kappa shape index (κ1) is 24.4. The Bertz CT molecular complexity index is 1430. The standard InChI is InChI=1S/C24H16Br4O5/c1-2-3-8-32-24(31)12-7-5-4-6-11(12)17-13-9-15(25)20(29)18(27)22(13)33-23-14(17)10-16(26)21(30)19(23)28/h4-7,9-10,29H,2-3,8H2,1H3/p-1. The Morgan fingerprint density at radius 2 is 1.76 bits per heavy atom. The third-order valence-corrected chi connectivity index (χ3v) is 7.77. The van der Waals surface area contributed by atoms with Crippen molar-refractivity contribution < 1.29 is 19.1 Å². The number of hydrogen-bond donors (Lipinski definition) is 0. The van der Waals surface area contributed by atoms with Gasteiger partial charge >= 0.3 is 5.97 Å². The fraction of sp³-hybridized carbons (Fsp3) is 0.167. The number of esters is 1. The first-order chi connectivity index (χ1) is 15.8. The van der Waals surface area contributed by atoms with E-state index in [4.69, 9.17) is 9.15 Å². The molecule has 1 heterocycles. The summed E-state index contributed by atoms with van der Waals surface area (Å²) in [5, 5.41) is 13.2. The number of carbonyl (C=O) groups excluding carboxylic acids is 1. The molecule has 0 aromatic heterocycles. The third kappa shape index (κ3) is 4.40. The number of ether oxygens (including phenoxy) is 1. The fourth-order valence-corrected chi connectivity index (χ4v) is 5.94. The van der Waals surface area contributed by atoms with Gasteiger partial charge in [0.05, 0.1) is 21.1 Å². The highest BCUT2D eigenvalue weighted by Crippen LogP contribution is 2.48. The van der Waals surface area contributed by atoms with Gasteiger partial charge in [-0.1, -0.05) is 53.2 Å². The van der Waals surface area contributed by atoms with Crippen LogP contribution in [-0.2, 0) is 4.74 Å². The summed E-state index contributed by atoms with van der Waals surface area (Å²) in [7, 11) is 0. The minimum atomic E-state index is -0.446. The molecule has 0 saturated heterocycles. The van der Waals surface area contributed by atoms with Gasteiger partial charge in [0.2, 0.25) is 5.43 Å². The zero-order valence-corrected chi connectivity index (χ0v) is 23.5. The van der Waals surface area contributed by atoms with Crippen LogP contribution in [0.2, 0.25) is 0 Å². The van der Waals surface area contributed by atoms with Gasteiger partial charge in [0, 0.05) is 21.0 Å². The van der Waals surface area contributed by atoms with Crippen LogP contribution in [0.25, 0.3) is 33.4 Å². The van der Waals surface area contributed by atoms with Crippen LogP contribution in [0.3, 0.4) is 0 Å². The van der Waals surface area contributed by atoms with Crippen LogP contribution >= 0.6 is 63.7 Å². The molecule has 1 aliphatic heterocycles. The van der Waals surface area contributed by atoms with E-state index in [-0.39, 0.29) is 31.5 Å². The molecule has 170 valence electrons. The second kappa shape index (κ2) is 9.90. The highest BCUT2D eigenvalue weighted by molar-refractivity contribution is 9.11. The second-order valence-electron chi connectivity index (χ2n) is 7.27. The molecule has 2 aromatic rings. The van der Waals surface area contributed by atoms with Crippen LogP contribution < -0.4 is 10.5 Å². The Morgan fingerprint density at radius 1 is 1.03 bits per heavy atom. The Kier molecular flexibility index (Phi) is 7.33. The van der Waals surface area contributed by atoms with Gasteiger partial charge in [-0.25, -0.2) is 4.79 Å². The summed E-state index contributed by atoms with van der Waals surface area (Å²) in [5.74, 6) is -0.472. The molecule has 0 radical (unpaired) electrons. The number of benzene rings is 3. The summed E-state index contributed by atoms with van der Waals surface area (Å²) in [4.78, 5) is 25.6. The van der Waals surface area contributed by atoms with Crippen molar-refractivity contribution >= 4 is 80.7 Å². The lowest BCUT2D eigenvalue weighted by atomic mass is 9.91. The van der Waals surface area contributed by atoms with Crippen molar-refractivity contribution in [1.29, 1.82) is 0 Å². The molecule has 1 aliphatic carbocycles. The molecule has 0 unspecified atom stereocenters. The predicted octanol–water partition coefficient (Wildman–Crippen LogP) is 7.65. The highest BCUT2D eigenvalue weighted by atomic mass is 79.9. The molecule has 0 atom stereocenters. The van der Waals surface area contributed by atoms with Crippen LogP contribution in [0.4, 0.5) is 0 Å². The topological polar surface area (TPSA) is 79.6 Å². The molecule has 4 rings (SSSR count). The number of carbonyl (C=O) groups is 1. The SMILES string of the molecule is CCCCOC(=O)c1ccccc1-c1c2cc(Br)c(=O)c(Br)c-2oc2c(Br)c([O-])c(Br)cc12. The lowest BCUT2D eigenvalue weighted by molar-refractivity contribution is -0.270. The largest absolute Gasteiger partial charge is 0.871 e. The van der Waals surface area contributed by atoms with Crippen molar-refractivity contribution in [2.24, 2.45) is 0 Å². The van der Waals surface area contributed by atoms with Crippen LogP contribution in [0.15, 0.2) is 63.5 Å². The molecule has 0 fully saturated rings. The van der Waals surface area contributed by atoms with E-state index in [0.29, 0.717) is 43.2 Å². The number of rotatable bonds is 5. The van der Waals surface area contributed by atoms with E-state index < -0.39 is 5.97 Å². The van der Waals surface area contributed by atoms with Crippen molar-refractivity contribution in [3.63, 3.8) is 0 Å². The summed E-state index contributed by atoms with van der Waals surface area (Å²) in [6.45, 7) is 2.34. The van der Waals surface area contributed by atoms with Gasteiger partial charge in [0.25, 0.3) is 0 Å². The molecule has 0 amide bonds. The summed E-state index contributed by atoms with van der Waals surface area (Å²) >= 11 is 13.3. The van der Waals surface area contributed by atoms with Gasteiger partial charge in [0.15, 0.2) is 5.76 Å². The van der Waals surface area contributed by atoms with Gasteiger partial charge in [-0.05, 0) is 78.0 Å². The number of unbranched alkanes of at least 4 members (excludes halogenated alkanes) is 1. The maximum Gasteiger partial charge on any atom is 0.338 e. The van der Waals surface area contributed by atoms with Crippen LogP contribution in [0, 0.1) is 0 Å². The quantitative estimate of drug-likeness (QED) is 0.121. The highest BCUT2D eigenvalue weighted by Gasteiger charge is 2.26. The summed E-state index contributed by atoms with van der Waals surface area (Å²) in [6, 6.07) is 10.4. The van der Waals surface area contributed by atoms with Gasteiger partial charge in [-0.3, -0.25) is 4.79 Å². The molecular formula is C24H15Br4O5-. The summed E-state index contributed by atoms with van der Waals surface area (Å²) < 4.78 is 12.6. The Labute approximate surface area is 223 Å². The Balaban J connectivity index is 2.13. The van der Waals surface area contributed by atoms with Crippen molar-refractivity contribution in [2.75, 3.05) is 6.61 Å². The zero-order valence-electron chi connectivity index (χ0n) is 17.1. The smallest absolute Gasteiger partial charge is 0.338 e. The normalized spacial score (nSPS) is 11.3. The van der Waals surface area contributed by atoms with Gasteiger partial charge < -0.3 is 14.3 Å². The molecule has 0 bridgehead atoms. The van der Waals surface area contributed by atoms with E-state index in [9.17, 15) is 14.7 Å². The second-order valence-corrected chi connectivity index (χ2v) is 10.6. The maximum absolute atomic E-state index is 13.0. The zero-order chi connectivity index (χ0) is 23.9. The molecule has 2 aliphatic rings. The fourth-order valence-electron chi connectivity index (χ4n) is 3.54. The van der Waals surface area contributed by atoms with Crippen molar-refractivity contribution in [1.82, 2.24) is 0 Å². The number of fused-ring (bicyclic) bond motifs is 2. The predicted molar refractivity (Wildman–Crippen MR) is 140 cm³/mol. The number of halogens is 4. The Morgan fingerprint density at radius 3 is 2.48 bits per heavy atom. The van der Waals surface area contributed by atoms with Crippen molar-refractivity contribution in [3.8, 4) is 28.2 Å². The Hall–Kier alpha value is -1.68. The van der Waals surface area contributed by atoms with Crippen molar-refractivity contribution in [3.05, 3.63) is 70.1 Å². The number of hydrogen-bond acceptors (Lipinski definition) is 5. The average molecular weight is 703 g/mol. The van der Waals surface area contributed by atoms with Gasteiger partial charge in [-0.15, -0.1) is 0 Å². The van der Waals surface area contributed by atoms with E-state index >= 15 is 0 Å². The van der Waals surface area contributed by atoms with E-state index in [1.807, 2.05) is 19.1 Å². The van der Waals surface area contributed by atoms with E-state index in [2.05, 4.69) is 63.7 Å². The minimum Gasteiger partial charge on any atom is -0.871 e. The van der Waals surface area contributed by atoms with E-state index in [1.54, 1.807) is 24.3 Å². The maximum atomic E-state index is 13.0. The molecule has 5 nitrogen and oxygen atoms in total. The average Bonchev–Trinajstić information content (AvgIpc) is 2.80. The lowest BCUT2D eigenvalue weighted by Crippen LogP contribution is -2.10. The molecule has 33 heavy (non-hydrogen) atoms. The van der Waals surface area contributed by atoms with Crippen LogP contribution in [0.5, 0.6) is 5.75 Å². The van der Waals surface area contributed by atoms with Crippen LogP contribution in [0.1, 0.15) is 30.1 Å². The van der Waals surface area contributed by atoms with Crippen molar-refractivity contribution in [2.45, 2.75) is 19.8 Å². The van der Waals surface area contributed by atoms with Gasteiger partial charge in [-0.2, -0.15) is 0 Å². The molecule has 0 spiro atoms. The molecule has 9 heteroatoms.